The zero-order chi connectivity index (χ0) is 13.5. The Balaban J connectivity index is 2.58. The molecule has 0 spiro atoms. The molecule has 1 aliphatic rings. The molecule has 1 aliphatic heterocycles. The summed E-state index contributed by atoms with van der Waals surface area (Å²) in [5, 5.41) is 10.1. The van der Waals surface area contributed by atoms with Crippen molar-refractivity contribution in [2.75, 3.05) is 26.2 Å². The molecule has 0 aliphatic carbocycles. The minimum Gasteiger partial charge on any atom is -0.392 e. The van der Waals surface area contributed by atoms with Gasteiger partial charge in [-0.1, -0.05) is 13.3 Å². The molecule has 1 fully saturated rings. The first-order chi connectivity index (χ1) is 8.63. The number of carbonyl (C=O) groups excluding carboxylic acids is 1. The fraction of sp³-hybridized carbons (Fsp3) is 0.929. The summed E-state index contributed by atoms with van der Waals surface area (Å²) in [6.07, 6.45) is 3.78. The average Bonchev–Trinajstić information content (AvgIpc) is 2.40. The maximum Gasteiger partial charge on any atom is 0.236 e. The number of amides is 1. The van der Waals surface area contributed by atoms with Crippen molar-refractivity contribution in [3.8, 4) is 0 Å². The molecule has 4 heteroatoms. The Bertz CT molecular complexity index is 254. The van der Waals surface area contributed by atoms with Gasteiger partial charge in [0, 0.05) is 19.1 Å². The lowest BCUT2D eigenvalue weighted by Gasteiger charge is -2.38. The predicted octanol–water partition coefficient (Wildman–Crippen LogP) is 1.48. The third-order valence-electron chi connectivity index (χ3n) is 3.98. The van der Waals surface area contributed by atoms with Crippen LogP contribution < -0.4 is 0 Å². The highest BCUT2D eigenvalue weighted by Gasteiger charge is 2.29. The third kappa shape index (κ3) is 3.95. The van der Waals surface area contributed by atoms with E-state index in [1.165, 1.54) is 0 Å². The van der Waals surface area contributed by atoms with Gasteiger partial charge in [-0.05, 0) is 39.7 Å². The number of aliphatic hydroxyl groups excluding tert-OH is 1. The topological polar surface area (TPSA) is 43.8 Å². The normalized spacial score (nSPS) is 22.8. The number of likely N-dealkylation sites (tertiary alicyclic amines) is 1. The van der Waals surface area contributed by atoms with E-state index in [1.807, 2.05) is 25.7 Å². The number of carbonyl (C=O) groups is 1. The van der Waals surface area contributed by atoms with E-state index in [9.17, 15) is 9.90 Å². The summed E-state index contributed by atoms with van der Waals surface area (Å²) in [7, 11) is 0. The van der Waals surface area contributed by atoms with Crippen LogP contribution in [0.2, 0.25) is 0 Å². The van der Waals surface area contributed by atoms with E-state index in [0.717, 1.165) is 45.3 Å². The van der Waals surface area contributed by atoms with Gasteiger partial charge in [0.2, 0.25) is 5.91 Å². The van der Waals surface area contributed by atoms with E-state index in [4.69, 9.17) is 0 Å². The molecule has 2 atom stereocenters. The van der Waals surface area contributed by atoms with Gasteiger partial charge >= 0.3 is 0 Å². The summed E-state index contributed by atoms with van der Waals surface area (Å²) in [5.74, 6) is 0.190. The van der Waals surface area contributed by atoms with Crippen molar-refractivity contribution in [1.29, 1.82) is 0 Å². The highest BCUT2D eigenvalue weighted by molar-refractivity contribution is 5.78. The van der Waals surface area contributed by atoms with Crippen LogP contribution in [0.3, 0.4) is 0 Å². The summed E-state index contributed by atoms with van der Waals surface area (Å²) in [5.41, 5.74) is 0. The molecule has 1 N–H and O–H groups in total. The van der Waals surface area contributed by atoms with Crippen molar-refractivity contribution < 1.29 is 9.90 Å². The lowest BCUT2D eigenvalue weighted by molar-refractivity contribution is -0.133. The maximum atomic E-state index is 12.1. The molecule has 0 saturated carbocycles. The number of hydrogen-bond acceptors (Lipinski definition) is 3. The predicted molar refractivity (Wildman–Crippen MR) is 73.4 cm³/mol. The van der Waals surface area contributed by atoms with Gasteiger partial charge in [0.25, 0.3) is 0 Å². The van der Waals surface area contributed by atoms with Crippen LogP contribution >= 0.6 is 0 Å². The minimum absolute atomic E-state index is 0.170. The molecule has 106 valence electrons. The van der Waals surface area contributed by atoms with Gasteiger partial charge < -0.3 is 10.0 Å². The molecule has 4 nitrogen and oxygen atoms in total. The van der Waals surface area contributed by atoms with Crippen molar-refractivity contribution in [3.63, 3.8) is 0 Å². The zero-order valence-electron chi connectivity index (χ0n) is 12.1. The molecule has 1 saturated heterocycles. The Morgan fingerprint density at radius 2 is 2.00 bits per heavy atom. The highest BCUT2D eigenvalue weighted by atomic mass is 16.3. The highest BCUT2D eigenvalue weighted by Crippen LogP contribution is 2.21. The quantitative estimate of drug-likeness (QED) is 0.783. The number of aliphatic hydroxyl groups is 1. The minimum atomic E-state index is -0.296. The monoisotopic (exact) mass is 256 g/mol. The third-order valence-corrected chi connectivity index (χ3v) is 3.98. The zero-order valence-corrected chi connectivity index (χ0v) is 12.1. The van der Waals surface area contributed by atoms with Crippen molar-refractivity contribution in [2.24, 2.45) is 0 Å². The van der Waals surface area contributed by atoms with Gasteiger partial charge in [0.1, 0.15) is 0 Å². The number of hydrogen-bond donors (Lipinski definition) is 1. The van der Waals surface area contributed by atoms with Crippen LogP contribution in [0.15, 0.2) is 0 Å². The fourth-order valence-corrected chi connectivity index (χ4v) is 2.77. The standard InChI is InChI=1S/C14H28N2O2/c1-4-13(17)12-9-7-8-10-16(12)11-14(18)15(5-2)6-3/h12-13,17H,4-11H2,1-3H3. The van der Waals surface area contributed by atoms with Gasteiger partial charge in [-0.2, -0.15) is 0 Å². The van der Waals surface area contributed by atoms with Gasteiger partial charge in [-0.3, -0.25) is 9.69 Å². The SMILES string of the molecule is CCC(O)C1CCCCN1CC(=O)N(CC)CC. The summed E-state index contributed by atoms with van der Waals surface area (Å²) >= 11 is 0. The average molecular weight is 256 g/mol. The van der Waals surface area contributed by atoms with Crippen LogP contribution in [0.4, 0.5) is 0 Å². The van der Waals surface area contributed by atoms with E-state index >= 15 is 0 Å². The second-order valence-electron chi connectivity index (χ2n) is 5.08. The second kappa shape index (κ2) is 7.74. The van der Waals surface area contributed by atoms with Crippen LogP contribution in [0.5, 0.6) is 0 Å². The molecule has 0 aromatic rings. The van der Waals surface area contributed by atoms with E-state index in [2.05, 4.69) is 4.90 Å². The van der Waals surface area contributed by atoms with E-state index in [1.54, 1.807) is 0 Å². The summed E-state index contributed by atoms with van der Waals surface area (Å²) in [4.78, 5) is 16.2. The summed E-state index contributed by atoms with van der Waals surface area (Å²) in [6.45, 7) is 8.96. The van der Waals surface area contributed by atoms with Crippen molar-refractivity contribution >= 4 is 5.91 Å². The number of likely N-dealkylation sites (N-methyl/N-ethyl adjacent to an activating group) is 1. The fourth-order valence-electron chi connectivity index (χ4n) is 2.77. The first-order valence-corrected chi connectivity index (χ1v) is 7.33. The van der Waals surface area contributed by atoms with Gasteiger partial charge in [0.15, 0.2) is 0 Å². The molecule has 0 aromatic carbocycles. The van der Waals surface area contributed by atoms with Gasteiger partial charge in [-0.25, -0.2) is 0 Å². The number of nitrogens with zero attached hydrogens (tertiary/aromatic N) is 2. The second-order valence-corrected chi connectivity index (χ2v) is 5.08. The molecule has 0 bridgehead atoms. The Hall–Kier alpha value is -0.610. The Kier molecular flexibility index (Phi) is 6.65. The Labute approximate surface area is 111 Å². The molecular formula is C14H28N2O2. The van der Waals surface area contributed by atoms with Crippen LogP contribution in [0.1, 0.15) is 46.5 Å². The Morgan fingerprint density at radius 3 is 2.56 bits per heavy atom. The molecule has 1 rings (SSSR count). The van der Waals surface area contributed by atoms with Gasteiger partial charge in [-0.15, -0.1) is 0 Å². The largest absolute Gasteiger partial charge is 0.392 e. The molecule has 1 heterocycles. The van der Waals surface area contributed by atoms with Crippen LogP contribution in [-0.4, -0.2) is 59.1 Å². The van der Waals surface area contributed by atoms with Crippen LogP contribution in [-0.2, 0) is 4.79 Å². The van der Waals surface area contributed by atoms with E-state index < -0.39 is 0 Å². The van der Waals surface area contributed by atoms with Crippen molar-refractivity contribution in [1.82, 2.24) is 9.80 Å². The lowest BCUT2D eigenvalue weighted by atomic mass is 9.96. The Morgan fingerprint density at radius 1 is 1.33 bits per heavy atom. The van der Waals surface area contributed by atoms with Crippen LogP contribution in [0, 0.1) is 0 Å². The summed E-state index contributed by atoms with van der Waals surface area (Å²) < 4.78 is 0. The van der Waals surface area contributed by atoms with Crippen LogP contribution in [0.25, 0.3) is 0 Å². The number of rotatable bonds is 6. The summed E-state index contributed by atoms with van der Waals surface area (Å²) in [6, 6.07) is 0.170. The molecule has 18 heavy (non-hydrogen) atoms. The van der Waals surface area contributed by atoms with E-state index in [0.29, 0.717) is 6.54 Å². The first kappa shape index (κ1) is 15.4. The first-order valence-electron chi connectivity index (χ1n) is 7.33. The van der Waals surface area contributed by atoms with E-state index in [-0.39, 0.29) is 18.1 Å². The molecule has 2 unspecified atom stereocenters. The van der Waals surface area contributed by atoms with Crippen molar-refractivity contribution in [3.05, 3.63) is 0 Å². The maximum absolute atomic E-state index is 12.1. The molecular weight excluding hydrogens is 228 g/mol. The lowest BCUT2D eigenvalue weighted by Crippen LogP contribution is -2.51. The number of piperidine rings is 1. The molecule has 0 aromatic heterocycles. The molecule has 0 radical (unpaired) electrons. The van der Waals surface area contributed by atoms with Gasteiger partial charge in [0.05, 0.1) is 12.6 Å². The molecule has 1 amide bonds. The van der Waals surface area contributed by atoms with Crippen molar-refractivity contribution in [2.45, 2.75) is 58.6 Å². The smallest absolute Gasteiger partial charge is 0.236 e.